The van der Waals surface area contributed by atoms with Crippen LogP contribution in [-0.2, 0) is 11.2 Å². The van der Waals surface area contributed by atoms with Gasteiger partial charge in [0.1, 0.15) is 0 Å². The number of hydrogen-bond donors (Lipinski definition) is 0. The molecule has 0 N–H and O–H groups in total. The Kier molecular flexibility index (Phi) is 4.71. The van der Waals surface area contributed by atoms with Crippen LogP contribution in [0.2, 0.25) is 0 Å². The third kappa shape index (κ3) is 4.36. The zero-order chi connectivity index (χ0) is 13.8. The van der Waals surface area contributed by atoms with Crippen molar-refractivity contribution in [3.63, 3.8) is 0 Å². The van der Waals surface area contributed by atoms with Crippen molar-refractivity contribution in [3.8, 4) is 0 Å². The summed E-state index contributed by atoms with van der Waals surface area (Å²) in [5.74, 6) is 0.164. The molecule has 0 atom stereocenters. The second kappa shape index (κ2) is 5.85. The summed E-state index contributed by atoms with van der Waals surface area (Å²) < 4.78 is 0. The van der Waals surface area contributed by atoms with Crippen molar-refractivity contribution < 1.29 is 4.79 Å². The topological polar surface area (TPSA) is 20.3 Å². The van der Waals surface area contributed by atoms with Crippen LogP contribution >= 0.6 is 0 Å². The Bertz CT molecular complexity index is 427. The molecule has 0 aliphatic carbocycles. The number of nitrogens with zero attached hydrogens (tertiary/aromatic N) is 1. The molecular formula is C16H23NO. The maximum Gasteiger partial charge on any atom is 0.163 e. The van der Waals surface area contributed by atoms with E-state index in [4.69, 9.17) is 0 Å². The number of allylic oxidation sites excluding steroid dienone is 1. The molecule has 0 bridgehead atoms. The average Bonchev–Trinajstić information content (AvgIpc) is 2.28. The lowest BCUT2D eigenvalue weighted by Crippen LogP contribution is -2.25. The van der Waals surface area contributed by atoms with E-state index in [0.717, 1.165) is 6.42 Å². The van der Waals surface area contributed by atoms with Crippen LogP contribution in [-0.4, -0.2) is 24.8 Å². The highest BCUT2D eigenvalue weighted by Crippen LogP contribution is 2.24. The van der Waals surface area contributed by atoms with Gasteiger partial charge in [0.15, 0.2) is 5.78 Å². The van der Waals surface area contributed by atoms with Crippen molar-refractivity contribution >= 4 is 5.78 Å². The van der Waals surface area contributed by atoms with Gasteiger partial charge in [0.05, 0.1) is 0 Å². The van der Waals surface area contributed by atoms with Gasteiger partial charge in [-0.05, 0) is 25.0 Å². The minimum Gasteiger partial charge on any atom is -0.383 e. The molecule has 98 valence electrons. The van der Waals surface area contributed by atoms with E-state index < -0.39 is 0 Å². The van der Waals surface area contributed by atoms with Gasteiger partial charge in [-0.25, -0.2) is 0 Å². The number of rotatable bonds is 5. The summed E-state index contributed by atoms with van der Waals surface area (Å²) in [5.41, 5.74) is 2.09. The van der Waals surface area contributed by atoms with Crippen molar-refractivity contribution in [1.82, 2.24) is 4.90 Å². The van der Waals surface area contributed by atoms with Crippen LogP contribution in [0.1, 0.15) is 25.0 Å². The lowest BCUT2D eigenvalue weighted by atomic mass is 9.81. The third-order valence-corrected chi connectivity index (χ3v) is 2.96. The molecule has 1 aromatic carbocycles. The molecule has 0 heterocycles. The highest BCUT2D eigenvalue weighted by molar-refractivity contribution is 5.94. The molecule has 0 fully saturated rings. The van der Waals surface area contributed by atoms with Gasteiger partial charge in [0.2, 0.25) is 0 Å². The molecule has 0 aliphatic rings. The molecule has 2 nitrogen and oxygen atoms in total. The Morgan fingerprint density at radius 1 is 1.22 bits per heavy atom. The molecule has 1 aromatic rings. The van der Waals surface area contributed by atoms with Crippen LogP contribution in [0.15, 0.2) is 36.5 Å². The zero-order valence-corrected chi connectivity index (χ0v) is 12.0. The first kappa shape index (κ1) is 14.5. The maximum atomic E-state index is 12.1. The molecule has 0 spiro atoms. The normalized spacial score (nSPS) is 11.8. The quantitative estimate of drug-likeness (QED) is 0.742. The summed E-state index contributed by atoms with van der Waals surface area (Å²) in [5, 5.41) is 0. The highest BCUT2D eigenvalue weighted by atomic mass is 16.1. The summed E-state index contributed by atoms with van der Waals surface area (Å²) in [6.07, 6.45) is 4.23. The molecule has 0 radical (unpaired) electrons. The number of carbonyl (C=O) groups is 1. The molecule has 0 saturated carbocycles. The van der Waals surface area contributed by atoms with Crippen LogP contribution < -0.4 is 0 Å². The van der Waals surface area contributed by atoms with Gasteiger partial charge in [-0.1, -0.05) is 43.7 Å². The predicted octanol–water partition coefficient (Wildman–Crippen LogP) is 3.21. The van der Waals surface area contributed by atoms with E-state index in [9.17, 15) is 4.79 Å². The van der Waals surface area contributed by atoms with E-state index in [1.165, 1.54) is 11.1 Å². The number of benzene rings is 1. The van der Waals surface area contributed by atoms with E-state index in [1.54, 1.807) is 12.3 Å². The third-order valence-electron chi connectivity index (χ3n) is 2.96. The highest BCUT2D eigenvalue weighted by Gasteiger charge is 2.25. The molecular weight excluding hydrogens is 222 g/mol. The molecule has 0 amide bonds. The van der Waals surface area contributed by atoms with E-state index >= 15 is 0 Å². The molecule has 1 rings (SSSR count). The number of hydrogen-bond acceptors (Lipinski definition) is 2. The summed E-state index contributed by atoms with van der Waals surface area (Å²) >= 11 is 0. The monoisotopic (exact) mass is 245 g/mol. The first-order valence-corrected chi connectivity index (χ1v) is 6.26. The largest absolute Gasteiger partial charge is 0.383 e. The molecule has 2 heteroatoms. The van der Waals surface area contributed by atoms with Gasteiger partial charge >= 0.3 is 0 Å². The summed E-state index contributed by atoms with van der Waals surface area (Å²) in [7, 11) is 3.83. The lowest BCUT2D eigenvalue weighted by Gasteiger charge is -2.21. The fourth-order valence-corrected chi connectivity index (χ4v) is 1.75. The molecule has 0 saturated heterocycles. The Labute approximate surface area is 110 Å². The minimum absolute atomic E-state index is 0.164. The van der Waals surface area contributed by atoms with E-state index in [1.807, 2.05) is 32.8 Å². The van der Waals surface area contributed by atoms with Crippen LogP contribution in [0.5, 0.6) is 0 Å². The molecule has 18 heavy (non-hydrogen) atoms. The predicted molar refractivity (Wildman–Crippen MR) is 76.5 cm³/mol. The van der Waals surface area contributed by atoms with Crippen molar-refractivity contribution in [2.24, 2.45) is 5.41 Å². The SMILES string of the molecule is Cc1ccc(CC(C)(C)C(=O)C=CN(C)C)cc1. The van der Waals surface area contributed by atoms with Crippen molar-refractivity contribution in [2.45, 2.75) is 27.2 Å². The first-order chi connectivity index (χ1) is 8.31. The fourth-order valence-electron chi connectivity index (χ4n) is 1.75. The summed E-state index contributed by atoms with van der Waals surface area (Å²) in [4.78, 5) is 14.0. The minimum atomic E-state index is -0.359. The second-order valence-electron chi connectivity index (χ2n) is 5.69. The van der Waals surface area contributed by atoms with Crippen LogP contribution in [0.4, 0.5) is 0 Å². The fraction of sp³-hybridized carbons (Fsp3) is 0.438. The van der Waals surface area contributed by atoms with Gasteiger partial charge < -0.3 is 4.90 Å². The Balaban J connectivity index is 2.74. The van der Waals surface area contributed by atoms with Gasteiger partial charge in [-0.3, -0.25) is 4.79 Å². The Morgan fingerprint density at radius 2 is 1.78 bits per heavy atom. The molecule has 0 aliphatic heterocycles. The zero-order valence-electron chi connectivity index (χ0n) is 12.0. The molecule has 0 unspecified atom stereocenters. The lowest BCUT2D eigenvalue weighted by molar-refractivity contribution is -0.122. The summed E-state index contributed by atoms with van der Waals surface area (Å²) in [6.45, 7) is 6.06. The van der Waals surface area contributed by atoms with E-state index in [-0.39, 0.29) is 11.2 Å². The van der Waals surface area contributed by atoms with Crippen LogP contribution in [0.25, 0.3) is 0 Å². The number of ketones is 1. The smallest absolute Gasteiger partial charge is 0.163 e. The first-order valence-electron chi connectivity index (χ1n) is 6.26. The van der Waals surface area contributed by atoms with Gasteiger partial charge in [0.25, 0.3) is 0 Å². The van der Waals surface area contributed by atoms with Crippen molar-refractivity contribution in [3.05, 3.63) is 47.7 Å². The molecule has 0 aromatic heterocycles. The van der Waals surface area contributed by atoms with Gasteiger partial charge in [-0.2, -0.15) is 0 Å². The van der Waals surface area contributed by atoms with Crippen molar-refractivity contribution in [2.75, 3.05) is 14.1 Å². The standard InChI is InChI=1S/C16H23NO/c1-13-6-8-14(9-7-13)12-16(2,3)15(18)10-11-17(4)5/h6-11H,12H2,1-5H3. The average molecular weight is 245 g/mol. The van der Waals surface area contributed by atoms with Crippen LogP contribution in [0.3, 0.4) is 0 Å². The number of aryl methyl sites for hydroxylation is 1. The van der Waals surface area contributed by atoms with Gasteiger partial charge in [-0.15, -0.1) is 0 Å². The Morgan fingerprint density at radius 3 is 2.28 bits per heavy atom. The Hall–Kier alpha value is -1.57. The van der Waals surface area contributed by atoms with Crippen molar-refractivity contribution in [1.29, 1.82) is 0 Å². The van der Waals surface area contributed by atoms with Gasteiger partial charge in [0, 0.05) is 25.7 Å². The van der Waals surface area contributed by atoms with Crippen LogP contribution in [0, 0.1) is 12.3 Å². The number of carbonyl (C=O) groups excluding carboxylic acids is 1. The second-order valence-corrected chi connectivity index (χ2v) is 5.69. The van der Waals surface area contributed by atoms with E-state index in [2.05, 4.69) is 31.2 Å². The van der Waals surface area contributed by atoms with E-state index in [0.29, 0.717) is 0 Å². The maximum absolute atomic E-state index is 12.1. The summed E-state index contributed by atoms with van der Waals surface area (Å²) in [6, 6.07) is 8.37.